The summed E-state index contributed by atoms with van der Waals surface area (Å²) in [5.41, 5.74) is 3.58. The van der Waals surface area contributed by atoms with Gasteiger partial charge in [0.15, 0.2) is 11.5 Å². The van der Waals surface area contributed by atoms with Gasteiger partial charge in [-0.1, -0.05) is 0 Å². The summed E-state index contributed by atoms with van der Waals surface area (Å²) in [5, 5.41) is -0.485. The average Bonchev–Trinajstić information content (AvgIpc) is 3.38. The second-order valence-electron chi connectivity index (χ2n) is 7.18. The van der Waals surface area contributed by atoms with Crippen LogP contribution in [0.5, 0.6) is 11.5 Å². The Balaban J connectivity index is 1.64. The highest BCUT2D eigenvalue weighted by molar-refractivity contribution is 8.18. The molecule has 0 bridgehead atoms. The van der Waals surface area contributed by atoms with Crippen molar-refractivity contribution >= 4 is 35.0 Å². The van der Waals surface area contributed by atoms with E-state index in [9.17, 15) is 14.4 Å². The molecule has 1 atom stereocenters. The second kappa shape index (κ2) is 8.14. The SMILES string of the molecule is CCOC(=O)[C@@H](C)N1C(=O)S/C(=C/c2cc(C)n(-c3ccc4c(c3)OCO4)c2C)C1=O. The van der Waals surface area contributed by atoms with Gasteiger partial charge < -0.3 is 18.8 Å². The lowest BCUT2D eigenvalue weighted by Gasteiger charge is -2.19. The highest BCUT2D eigenvalue weighted by Gasteiger charge is 2.41. The molecule has 1 saturated heterocycles. The van der Waals surface area contributed by atoms with Crippen molar-refractivity contribution in [1.82, 2.24) is 9.47 Å². The number of amides is 2. The van der Waals surface area contributed by atoms with Crippen LogP contribution in [0.2, 0.25) is 0 Å². The van der Waals surface area contributed by atoms with Gasteiger partial charge in [0.1, 0.15) is 6.04 Å². The van der Waals surface area contributed by atoms with E-state index in [-0.39, 0.29) is 18.3 Å². The largest absolute Gasteiger partial charge is 0.464 e. The summed E-state index contributed by atoms with van der Waals surface area (Å²) < 4.78 is 17.8. The topological polar surface area (TPSA) is 87.1 Å². The molecule has 1 fully saturated rings. The Morgan fingerprint density at radius 2 is 1.97 bits per heavy atom. The van der Waals surface area contributed by atoms with Gasteiger partial charge >= 0.3 is 5.97 Å². The zero-order valence-electron chi connectivity index (χ0n) is 17.6. The van der Waals surface area contributed by atoms with Crippen LogP contribution < -0.4 is 9.47 Å². The molecule has 2 aromatic rings. The van der Waals surface area contributed by atoms with Gasteiger partial charge in [-0.05, 0) is 69.3 Å². The highest BCUT2D eigenvalue weighted by atomic mass is 32.2. The minimum atomic E-state index is -0.973. The van der Waals surface area contributed by atoms with Crippen LogP contribution in [0.3, 0.4) is 0 Å². The number of hydrogen-bond acceptors (Lipinski definition) is 7. The van der Waals surface area contributed by atoms with Crippen molar-refractivity contribution in [3.05, 3.63) is 46.1 Å². The third-order valence-electron chi connectivity index (χ3n) is 5.21. The van der Waals surface area contributed by atoms with E-state index in [1.807, 2.05) is 42.7 Å². The molecule has 1 aromatic heterocycles. The Labute approximate surface area is 183 Å². The Morgan fingerprint density at radius 1 is 1.23 bits per heavy atom. The quantitative estimate of drug-likeness (QED) is 0.514. The normalized spacial score (nSPS) is 17.5. The molecule has 9 heteroatoms. The fraction of sp³-hybridized carbons (Fsp3) is 0.318. The second-order valence-corrected chi connectivity index (χ2v) is 8.17. The Hall–Kier alpha value is -3.20. The Kier molecular flexibility index (Phi) is 5.53. The molecule has 3 heterocycles. The molecular weight excluding hydrogens is 420 g/mol. The number of carbonyl (C=O) groups is 3. The minimum absolute atomic E-state index is 0.182. The van der Waals surface area contributed by atoms with E-state index in [2.05, 4.69) is 0 Å². The number of aromatic nitrogens is 1. The number of nitrogens with zero attached hydrogens (tertiary/aromatic N) is 2. The highest BCUT2D eigenvalue weighted by Crippen LogP contribution is 2.37. The molecule has 2 amide bonds. The van der Waals surface area contributed by atoms with Crippen LogP contribution in [0, 0.1) is 13.8 Å². The maximum atomic E-state index is 12.8. The van der Waals surface area contributed by atoms with Gasteiger partial charge in [-0.25, -0.2) is 4.79 Å². The average molecular weight is 442 g/mol. The number of aryl methyl sites for hydroxylation is 1. The van der Waals surface area contributed by atoms with E-state index < -0.39 is 23.2 Å². The minimum Gasteiger partial charge on any atom is -0.464 e. The van der Waals surface area contributed by atoms with Gasteiger partial charge in [-0.3, -0.25) is 14.5 Å². The van der Waals surface area contributed by atoms with Crippen molar-refractivity contribution in [3.63, 3.8) is 0 Å². The van der Waals surface area contributed by atoms with Crippen LogP contribution in [-0.4, -0.2) is 46.0 Å². The van der Waals surface area contributed by atoms with Gasteiger partial charge in [-0.15, -0.1) is 0 Å². The summed E-state index contributed by atoms with van der Waals surface area (Å²) in [4.78, 5) is 38.5. The number of esters is 1. The first-order chi connectivity index (χ1) is 14.8. The monoisotopic (exact) mass is 442 g/mol. The predicted octanol–water partition coefficient (Wildman–Crippen LogP) is 3.81. The van der Waals surface area contributed by atoms with E-state index in [1.165, 1.54) is 6.92 Å². The summed E-state index contributed by atoms with van der Waals surface area (Å²) in [6.07, 6.45) is 1.69. The molecular formula is C22H22N2O6S. The maximum absolute atomic E-state index is 12.8. The summed E-state index contributed by atoms with van der Waals surface area (Å²) in [5.74, 6) is 0.284. The number of hydrogen-bond donors (Lipinski definition) is 0. The molecule has 0 aliphatic carbocycles. The van der Waals surface area contributed by atoms with Crippen molar-refractivity contribution < 1.29 is 28.6 Å². The Bertz CT molecular complexity index is 1120. The number of rotatable bonds is 5. The van der Waals surface area contributed by atoms with Crippen LogP contribution in [0.4, 0.5) is 4.79 Å². The van der Waals surface area contributed by atoms with E-state index in [0.717, 1.165) is 39.3 Å². The fourth-order valence-corrected chi connectivity index (χ4v) is 4.58. The molecule has 0 saturated carbocycles. The van der Waals surface area contributed by atoms with Crippen molar-refractivity contribution in [2.45, 2.75) is 33.7 Å². The maximum Gasteiger partial charge on any atom is 0.329 e. The lowest BCUT2D eigenvalue weighted by molar-refractivity contribution is -0.150. The molecule has 2 aliphatic heterocycles. The van der Waals surface area contributed by atoms with Crippen molar-refractivity contribution in [3.8, 4) is 17.2 Å². The molecule has 8 nitrogen and oxygen atoms in total. The zero-order valence-corrected chi connectivity index (χ0v) is 18.4. The van der Waals surface area contributed by atoms with Gasteiger partial charge in [-0.2, -0.15) is 0 Å². The molecule has 1 aromatic carbocycles. The van der Waals surface area contributed by atoms with Gasteiger partial charge in [0, 0.05) is 23.1 Å². The lowest BCUT2D eigenvalue weighted by atomic mass is 10.2. The number of benzene rings is 1. The molecule has 2 aliphatic rings. The molecule has 162 valence electrons. The van der Waals surface area contributed by atoms with Gasteiger partial charge in [0.2, 0.25) is 6.79 Å². The zero-order chi connectivity index (χ0) is 22.3. The first-order valence-electron chi connectivity index (χ1n) is 9.84. The summed E-state index contributed by atoms with van der Waals surface area (Å²) >= 11 is 0.821. The third kappa shape index (κ3) is 3.69. The standard InChI is InChI=1S/C22H22N2O6S/c1-5-28-21(26)14(4)24-20(25)19(31-22(24)27)9-15-8-12(2)23(13(15)3)16-6-7-17-18(10-16)30-11-29-17/h6-10,14H,5,11H2,1-4H3/b19-9+/t14-/m1/s1. The number of fused-ring (bicyclic) bond motifs is 1. The van der Waals surface area contributed by atoms with Gasteiger partial charge in [0.05, 0.1) is 11.5 Å². The van der Waals surface area contributed by atoms with Crippen LogP contribution in [0.1, 0.15) is 30.8 Å². The first kappa shape index (κ1) is 21.0. The number of carbonyl (C=O) groups excluding carboxylic acids is 3. The number of ether oxygens (including phenoxy) is 3. The summed E-state index contributed by atoms with van der Waals surface area (Å²) in [6.45, 7) is 7.45. The van der Waals surface area contributed by atoms with E-state index >= 15 is 0 Å². The smallest absolute Gasteiger partial charge is 0.329 e. The lowest BCUT2D eigenvalue weighted by Crippen LogP contribution is -2.42. The Morgan fingerprint density at radius 3 is 2.71 bits per heavy atom. The summed E-state index contributed by atoms with van der Waals surface area (Å²) in [6, 6.07) is 6.67. The molecule has 0 unspecified atom stereocenters. The van der Waals surface area contributed by atoms with Crippen molar-refractivity contribution in [2.75, 3.05) is 13.4 Å². The molecule has 0 N–H and O–H groups in total. The molecule has 0 radical (unpaired) electrons. The van der Waals surface area contributed by atoms with Crippen molar-refractivity contribution in [2.24, 2.45) is 0 Å². The number of imide groups is 1. The van der Waals surface area contributed by atoms with Crippen molar-refractivity contribution in [1.29, 1.82) is 0 Å². The molecule has 4 rings (SSSR count). The van der Waals surface area contributed by atoms with E-state index in [1.54, 1.807) is 13.0 Å². The fourth-order valence-electron chi connectivity index (χ4n) is 3.68. The van der Waals surface area contributed by atoms with Crippen LogP contribution in [0.25, 0.3) is 11.8 Å². The predicted molar refractivity (Wildman–Crippen MR) is 115 cm³/mol. The van der Waals surface area contributed by atoms with Crippen LogP contribution in [0.15, 0.2) is 29.2 Å². The third-order valence-corrected chi connectivity index (χ3v) is 6.09. The van der Waals surface area contributed by atoms with E-state index in [0.29, 0.717) is 11.5 Å². The van der Waals surface area contributed by atoms with Gasteiger partial charge in [0.25, 0.3) is 11.1 Å². The summed E-state index contributed by atoms with van der Waals surface area (Å²) in [7, 11) is 0. The molecule has 31 heavy (non-hydrogen) atoms. The van der Waals surface area contributed by atoms with Crippen LogP contribution >= 0.6 is 11.8 Å². The first-order valence-corrected chi connectivity index (χ1v) is 10.7. The molecule has 0 spiro atoms. The van der Waals surface area contributed by atoms with E-state index in [4.69, 9.17) is 14.2 Å². The van der Waals surface area contributed by atoms with Crippen LogP contribution in [-0.2, 0) is 14.3 Å². The number of thioether (sulfide) groups is 1.